The third-order valence-electron chi connectivity index (χ3n) is 4.45. The number of aryl methyl sites for hydroxylation is 1. The molecular formula is C16H20ClN5O3S. The number of carbonyl (C=O) groups excluding carboxylic acids is 1. The highest BCUT2D eigenvalue weighted by atomic mass is 35.5. The van der Waals surface area contributed by atoms with Crippen LogP contribution in [0.5, 0.6) is 0 Å². The smallest absolute Gasteiger partial charge is 0.240 e. The molecule has 26 heavy (non-hydrogen) atoms. The molecule has 0 bridgehead atoms. The molecule has 1 aromatic carbocycles. The minimum atomic E-state index is -3.63. The molecule has 2 aromatic rings. The van der Waals surface area contributed by atoms with E-state index in [1.165, 1.54) is 6.07 Å². The first kappa shape index (κ1) is 18.8. The summed E-state index contributed by atoms with van der Waals surface area (Å²) < 4.78 is 29.6. The van der Waals surface area contributed by atoms with E-state index in [4.69, 9.17) is 0 Å². The Hall–Kier alpha value is -1.94. The zero-order valence-corrected chi connectivity index (χ0v) is 15.6. The van der Waals surface area contributed by atoms with Gasteiger partial charge in [-0.15, -0.1) is 12.4 Å². The number of fused-ring (bicyclic) bond motifs is 2. The molecule has 0 spiro atoms. The first-order chi connectivity index (χ1) is 12.0. The number of sulfonamides is 1. The highest BCUT2D eigenvalue weighted by Gasteiger charge is 2.20. The quantitative estimate of drug-likeness (QED) is 0.706. The summed E-state index contributed by atoms with van der Waals surface area (Å²) >= 11 is 0. The van der Waals surface area contributed by atoms with Gasteiger partial charge in [0, 0.05) is 25.2 Å². The van der Waals surface area contributed by atoms with Crippen LogP contribution in [0.3, 0.4) is 0 Å². The maximum Gasteiger partial charge on any atom is 0.240 e. The van der Waals surface area contributed by atoms with Gasteiger partial charge in [0.2, 0.25) is 15.9 Å². The fourth-order valence-electron chi connectivity index (χ4n) is 3.12. The van der Waals surface area contributed by atoms with Crippen molar-refractivity contribution in [2.45, 2.75) is 37.4 Å². The second-order valence-electron chi connectivity index (χ2n) is 6.22. The van der Waals surface area contributed by atoms with Gasteiger partial charge >= 0.3 is 0 Å². The number of anilines is 1. The Labute approximate surface area is 157 Å². The Morgan fingerprint density at radius 1 is 1.23 bits per heavy atom. The van der Waals surface area contributed by atoms with Crippen molar-refractivity contribution in [1.29, 1.82) is 0 Å². The van der Waals surface area contributed by atoms with Gasteiger partial charge in [-0.05, 0) is 36.2 Å². The van der Waals surface area contributed by atoms with Gasteiger partial charge in [-0.1, -0.05) is 0 Å². The lowest BCUT2D eigenvalue weighted by atomic mass is 10.0. The van der Waals surface area contributed by atoms with Crippen molar-refractivity contribution in [2.24, 2.45) is 0 Å². The second kappa shape index (κ2) is 7.36. The maximum atomic E-state index is 12.6. The van der Waals surface area contributed by atoms with Crippen LogP contribution in [0.2, 0.25) is 0 Å². The van der Waals surface area contributed by atoms with Gasteiger partial charge in [-0.2, -0.15) is 5.10 Å². The van der Waals surface area contributed by atoms with Crippen molar-refractivity contribution in [1.82, 2.24) is 19.8 Å². The molecule has 2 aliphatic rings. The molecule has 4 rings (SSSR count). The topological polar surface area (TPSA) is 105 Å². The van der Waals surface area contributed by atoms with E-state index < -0.39 is 10.0 Å². The number of nitrogens with zero attached hydrogens (tertiary/aromatic N) is 2. The lowest BCUT2D eigenvalue weighted by molar-refractivity contribution is -0.116. The van der Waals surface area contributed by atoms with Crippen LogP contribution in [-0.2, 0) is 40.9 Å². The van der Waals surface area contributed by atoms with Gasteiger partial charge in [0.25, 0.3) is 0 Å². The van der Waals surface area contributed by atoms with Crippen LogP contribution >= 0.6 is 12.4 Å². The summed E-state index contributed by atoms with van der Waals surface area (Å²) in [5.74, 6) is -0.0422. The largest absolute Gasteiger partial charge is 0.326 e. The fourth-order valence-corrected chi connectivity index (χ4v) is 4.17. The van der Waals surface area contributed by atoms with Gasteiger partial charge in [-0.3, -0.25) is 9.48 Å². The number of hydrogen-bond acceptors (Lipinski definition) is 5. The summed E-state index contributed by atoms with van der Waals surface area (Å²) in [6, 6.07) is 6.69. The standard InChI is InChI=1S/C16H19N5O3S.ClH/c22-16-4-1-11-7-14(2-3-15(11)19-16)25(23,24)18-9-12-8-13-10-17-5-6-21(13)20-12;/h2-3,7-8,17-18H,1,4-6,9-10H2,(H,19,22);1H. The molecule has 0 unspecified atom stereocenters. The Morgan fingerprint density at radius 3 is 2.88 bits per heavy atom. The molecule has 0 aliphatic carbocycles. The monoisotopic (exact) mass is 397 g/mol. The first-order valence-electron chi connectivity index (χ1n) is 8.20. The van der Waals surface area contributed by atoms with Crippen molar-refractivity contribution < 1.29 is 13.2 Å². The zero-order valence-electron chi connectivity index (χ0n) is 14.0. The fraction of sp³-hybridized carbons (Fsp3) is 0.375. The normalized spacial score (nSPS) is 16.2. The third kappa shape index (κ3) is 3.75. The van der Waals surface area contributed by atoms with Crippen LogP contribution in [0.1, 0.15) is 23.4 Å². The number of nitrogens with one attached hydrogen (secondary N) is 3. The van der Waals surface area contributed by atoms with Crippen molar-refractivity contribution in [2.75, 3.05) is 11.9 Å². The number of benzene rings is 1. The van der Waals surface area contributed by atoms with Crippen molar-refractivity contribution >= 4 is 34.0 Å². The highest BCUT2D eigenvalue weighted by molar-refractivity contribution is 7.89. The molecule has 3 heterocycles. The van der Waals surface area contributed by atoms with E-state index in [0.717, 1.165) is 30.9 Å². The van der Waals surface area contributed by atoms with Gasteiger partial charge in [0.1, 0.15) is 0 Å². The molecule has 0 radical (unpaired) electrons. The summed E-state index contributed by atoms with van der Waals surface area (Å²) in [5.41, 5.74) is 3.29. The lowest BCUT2D eigenvalue weighted by Gasteiger charge is -2.17. The van der Waals surface area contributed by atoms with E-state index >= 15 is 0 Å². The minimum Gasteiger partial charge on any atom is -0.326 e. The molecule has 1 amide bonds. The molecule has 8 nitrogen and oxygen atoms in total. The Balaban J connectivity index is 0.00000196. The molecule has 2 aliphatic heterocycles. The molecule has 0 atom stereocenters. The minimum absolute atomic E-state index is 0. The lowest BCUT2D eigenvalue weighted by Crippen LogP contribution is -2.28. The molecular weight excluding hydrogens is 378 g/mol. The van der Waals surface area contributed by atoms with E-state index in [1.807, 2.05) is 10.7 Å². The average molecular weight is 398 g/mol. The summed E-state index contributed by atoms with van der Waals surface area (Å²) in [7, 11) is -3.63. The van der Waals surface area contributed by atoms with E-state index in [2.05, 4.69) is 20.5 Å². The van der Waals surface area contributed by atoms with E-state index in [0.29, 0.717) is 24.2 Å². The molecule has 10 heteroatoms. The summed E-state index contributed by atoms with van der Waals surface area (Å²) in [6.45, 7) is 2.55. The van der Waals surface area contributed by atoms with E-state index in [9.17, 15) is 13.2 Å². The van der Waals surface area contributed by atoms with E-state index in [-0.39, 0.29) is 29.8 Å². The van der Waals surface area contributed by atoms with Crippen LogP contribution in [0, 0.1) is 0 Å². The van der Waals surface area contributed by atoms with Gasteiger partial charge < -0.3 is 10.6 Å². The number of amides is 1. The van der Waals surface area contributed by atoms with Crippen LogP contribution < -0.4 is 15.4 Å². The third-order valence-corrected chi connectivity index (χ3v) is 5.85. The molecule has 1 aromatic heterocycles. The first-order valence-corrected chi connectivity index (χ1v) is 9.68. The number of rotatable bonds is 4. The maximum absolute atomic E-state index is 12.6. The second-order valence-corrected chi connectivity index (χ2v) is 7.99. The molecule has 140 valence electrons. The number of carbonyl (C=O) groups is 1. The predicted molar refractivity (Wildman–Crippen MR) is 98.6 cm³/mol. The Morgan fingerprint density at radius 2 is 2.08 bits per heavy atom. The number of hydrogen-bond donors (Lipinski definition) is 3. The van der Waals surface area contributed by atoms with Crippen LogP contribution in [-0.4, -0.2) is 30.7 Å². The average Bonchev–Trinajstić information content (AvgIpc) is 3.02. The highest BCUT2D eigenvalue weighted by Crippen LogP contribution is 2.25. The summed E-state index contributed by atoms with van der Waals surface area (Å²) in [4.78, 5) is 11.6. The van der Waals surface area contributed by atoms with Crippen molar-refractivity contribution in [3.8, 4) is 0 Å². The SMILES string of the molecule is Cl.O=C1CCc2cc(S(=O)(=O)NCc3cc4n(n3)CCNC4)ccc2N1. The van der Waals surface area contributed by atoms with Gasteiger partial charge in [0.15, 0.2) is 0 Å². The predicted octanol–water partition coefficient (Wildman–Crippen LogP) is 0.771. The zero-order chi connectivity index (χ0) is 17.4. The van der Waals surface area contributed by atoms with Crippen molar-refractivity contribution in [3.05, 3.63) is 41.2 Å². The number of halogens is 1. The van der Waals surface area contributed by atoms with Gasteiger partial charge in [0.05, 0.1) is 29.4 Å². The molecule has 0 fully saturated rings. The molecule has 0 saturated carbocycles. The Bertz CT molecular complexity index is 918. The number of aromatic nitrogens is 2. The summed E-state index contributed by atoms with van der Waals surface area (Å²) in [5, 5.41) is 10.4. The molecule has 3 N–H and O–H groups in total. The van der Waals surface area contributed by atoms with E-state index in [1.54, 1.807) is 12.1 Å². The molecule has 0 saturated heterocycles. The van der Waals surface area contributed by atoms with Crippen LogP contribution in [0.15, 0.2) is 29.2 Å². The Kier molecular flexibility index (Phi) is 5.33. The summed E-state index contributed by atoms with van der Waals surface area (Å²) in [6.07, 6.45) is 0.920. The van der Waals surface area contributed by atoms with Crippen LogP contribution in [0.4, 0.5) is 5.69 Å². The van der Waals surface area contributed by atoms with Crippen molar-refractivity contribution in [3.63, 3.8) is 0 Å². The van der Waals surface area contributed by atoms with Gasteiger partial charge in [-0.25, -0.2) is 13.1 Å². The van der Waals surface area contributed by atoms with Crippen LogP contribution in [0.25, 0.3) is 0 Å².